The molecule has 0 aliphatic heterocycles. The minimum Gasteiger partial charge on any atom is -0.290 e. The molecule has 0 amide bonds. The van der Waals surface area contributed by atoms with E-state index >= 15 is 0 Å². The van der Waals surface area contributed by atoms with E-state index in [1.165, 1.54) is 0 Å². The van der Waals surface area contributed by atoms with Gasteiger partial charge in [0.1, 0.15) is 0 Å². The van der Waals surface area contributed by atoms with Crippen molar-refractivity contribution in [3.05, 3.63) is 11.1 Å². The number of carbonyl (C=O) groups is 2. The van der Waals surface area contributed by atoms with Crippen molar-refractivity contribution in [3.63, 3.8) is 0 Å². The maximum atomic E-state index is 10.9. The summed E-state index contributed by atoms with van der Waals surface area (Å²) >= 11 is 0. The second-order valence-corrected chi connectivity index (χ2v) is 2.72. The fraction of sp³-hybridized carbons (Fsp3) is 0.600. The molecule has 12 heavy (non-hydrogen) atoms. The molecule has 0 aromatic heterocycles. The quantitative estimate of drug-likeness (QED) is 0.519. The zero-order valence-corrected chi connectivity index (χ0v) is 8.39. The summed E-state index contributed by atoms with van der Waals surface area (Å²) in [5, 5.41) is 0. The van der Waals surface area contributed by atoms with E-state index in [0.717, 1.165) is 5.57 Å². The number of hydrogen-bond donors (Lipinski definition) is 0. The molecule has 2 nitrogen and oxygen atoms in total. The SMILES string of the molecule is CC.CC1=C(C)C(C)C(=O)C1=O. The van der Waals surface area contributed by atoms with Gasteiger partial charge in [-0.2, -0.15) is 0 Å². The summed E-state index contributed by atoms with van der Waals surface area (Å²) in [5.41, 5.74) is 1.56. The van der Waals surface area contributed by atoms with Gasteiger partial charge in [0.05, 0.1) is 0 Å². The van der Waals surface area contributed by atoms with E-state index in [4.69, 9.17) is 0 Å². The molecular weight excluding hydrogens is 152 g/mol. The fourth-order valence-electron chi connectivity index (χ4n) is 1.08. The lowest BCUT2D eigenvalue weighted by molar-refractivity contribution is -0.134. The molecule has 1 atom stereocenters. The number of ketones is 2. The summed E-state index contributed by atoms with van der Waals surface area (Å²) < 4.78 is 0. The number of carbonyl (C=O) groups excluding carboxylic acids is 2. The highest BCUT2D eigenvalue weighted by Gasteiger charge is 2.32. The van der Waals surface area contributed by atoms with Gasteiger partial charge in [0.25, 0.3) is 0 Å². The zero-order valence-electron chi connectivity index (χ0n) is 8.39. The van der Waals surface area contributed by atoms with Crippen molar-refractivity contribution in [3.8, 4) is 0 Å². The third-order valence-corrected chi connectivity index (χ3v) is 2.20. The van der Waals surface area contributed by atoms with E-state index in [1.807, 2.05) is 20.8 Å². The molecule has 0 saturated heterocycles. The van der Waals surface area contributed by atoms with Crippen LogP contribution in [0, 0.1) is 5.92 Å². The van der Waals surface area contributed by atoms with Crippen molar-refractivity contribution in [1.82, 2.24) is 0 Å². The Kier molecular flexibility index (Phi) is 3.87. The van der Waals surface area contributed by atoms with E-state index < -0.39 is 0 Å². The van der Waals surface area contributed by atoms with E-state index in [2.05, 4.69) is 0 Å². The van der Waals surface area contributed by atoms with Crippen LogP contribution < -0.4 is 0 Å². The van der Waals surface area contributed by atoms with Crippen LogP contribution in [0.3, 0.4) is 0 Å². The van der Waals surface area contributed by atoms with Crippen molar-refractivity contribution in [1.29, 1.82) is 0 Å². The van der Waals surface area contributed by atoms with Crippen LogP contribution in [0.1, 0.15) is 34.6 Å². The van der Waals surface area contributed by atoms with Crippen LogP contribution in [0.5, 0.6) is 0 Å². The topological polar surface area (TPSA) is 34.1 Å². The van der Waals surface area contributed by atoms with E-state index in [-0.39, 0.29) is 17.5 Å². The van der Waals surface area contributed by atoms with E-state index in [9.17, 15) is 9.59 Å². The highest BCUT2D eigenvalue weighted by atomic mass is 16.2. The molecule has 1 unspecified atom stereocenters. The average molecular weight is 168 g/mol. The third kappa shape index (κ3) is 1.63. The minimum absolute atomic E-state index is 0.174. The van der Waals surface area contributed by atoms with Crippen molar-refractivity contribution >= 4 is 11.6 Å². The number of rotatable bonds is 0. The van der Waals surface area contributed by atoms with Crippen LogP contribution in [0.25, 0.3) is 0 Å². The van der Waals surface area contributed by atoms with Gasteiger partial charge >= 0.3 is 0 Å². The summed E-state index contributed by atoms with van der Waals surface area (Å²) in [4.78, 5) is 21.9. The van der Waals surface area contributed by atoms with Gasteiger partial charge in [-0.1, -0.05) is 26.3 Å². The molecule has 0 bridgehead atoms. The van der Waals surface area contributed by atoms with Crippen LogP contribution in [0.2, 0.25) is 0 Å². The molecular formula is C10H16O2. The first-order chi connectivity index (χ1) is 5.55. The smallest absolute Gasteiger partial charge is 0.224 e. The highest BCUT2D eigenvalue weighted by Crippen LogP contribution is 2.24. The molecule has 1 aliphatic rings. The van der Waals surface area contributed by atoms with Gasteiger partial charge in [-0.05, 0) is 19.4 Å². The predicted molar refractivity (Wildman–Crippen MR) is 48.9 cm³/mol. The Bertz CT molecular complexity index is 236. The third-order valence-electron chi connectivity index (χ3n) is 2.20. The average Bonchev–Trinajstić information content (AvgIpc) is 2.27. The van der Waals surface area contributed by atoms with Gasteiger partial charge in [0.2, 0.25) is 11.6 Å². The summed E-state index contributed by atoms with van der Waals surface area (Å²) in [5.74, 6) is -0.729. The lowest BCUT2D eigenvalue weighted by Crippen LogP contribution is -2.13. The molecule has 1 aliphatic carbocycles. The minimum atomic E-state index is -0.301. The maximum Gasteiger partial charge on any atom is 0.224 e. The molecule has 0 aromatic rings. The molecule has 0 N–H and O–H groups in total. The van der Waals surface area contributed by atoms with Gasteiger partial charge in [-0.15, -0.1) is 0 Å². The second kappa shape index (κ2) is 4.19. The summed E-state index contributed by atoms with van der Waals surface area (Å²) in [6, 6.07) is 0. The highest BCUT2D eigenvalue weighted by molar-refractivity contribution is 6.47. The van der Waals surface area contributed by atoms with Crippen LogP contribution in [0.4, 0.5) is 0 Å². The van der Waals surface area contributed by atoms with Crippen molar-refractivity contribution in [2.45, 2.75) is 34.6 Å². The summed E-state index contributed by atoms with van der Waals surface area (Å²) in [6.45, 7) is 9.31. The first-order valence-electron chi connectivity index (χ1n) is 4.31. The van der Waals surface area contributed by atoms with Crippen LogP contribution >= 0.6 is 0 Å². The van der Waals surface area contributed by atoms with E-state index in [1.54, 1.807) is 13.8 Å². The Labute approximate surface area is 73.7 Å². The number of allylic oxidation sites excluding steroid dienone is 2. The van der Waals surface area contributed by atoms with Crippen LogP contribution in [0.15, 0.2) is 11.1 Å². The Morgan fingerprint density at radius 1 is 1.08 bits per heavy atom. The van der Waals surface area contributed by atoms with Gasteiger partial charge in [-0.3, -0.25) is 9.59 Å². The molecule has 0 heterocycles. The summed E-state index contributed by atoms with van der Waals surface area (Å²) in [6.07, 6.45) is 0. The van der Waals surface area contributed by atoms with Crippen LogP contribution in [-0.2, 0) is 9.59 Å². The van der Waals surface area contributed by atoms with Crippen molar-refractivity contribution in [2.24, 2.45) is 5.92 Å². The standard InChI is InChI=1S/C8H10O2.C2H6/c1-4-5(2)7(9)8(10)6(4)3;1-2/h5H,1-3H3;1-2H3. The monoisotopic (exact) mass is 168 g/mol. The van der Waals surface area contributed by atoms with Crippen molar-refractivity contribution < 1.29 is 9.59 Å². The molecule has 0 aromatic carbocycles. The van der Waals surface area contributed by atoms with Gasteiger partial charge in [0, 0.05) is 5.92 Å². The Morgan fingerprint density at radius 2 is 1.50 bits per heavy atom. The normalized spacial score (nSPS) is 22.6. The maximum absolute atomic E-state index is 10.9. The lowest BCUT2D eigenvalue weighted by Gasteiger charge is -1.97. The molecule has 68 valence electrons. The molecule has 0 fully saturated rings. The Hall–Kier alpha value is -0.920. The van der Waals surface area contributed by atoms with Crippen molar-refractivity contribution in [2.75, 3.05) is 0 Å². The second-order valence-electron chi connectivity index (χ2n) is 2.72. The molecule has 0 saturated carbocycles. The largest absolute Gasteiger partial charge is 0.290 e. The van der Waals surface area contributed by atoms with Gasteiger partial charge in [0.15, 0.2) is 0 Å². The fourth-order valence-corrected chi connectivity index (χ4v) is 1.08. The summed E-state index contributed by atoms with van der Waals surface area (Å²) in [7, 11) is 0. The number of hydrogen-bond acceptors (Lipinski definition) is 2. The van der Waals surface area contributed by atoms with E-state index in [0.29, 0.717) is 5.57 Å². The first kappa shape index (κ1) is 11.1. The lowest BCUT2D eigenvalue weighted by atomic mass is 10.0. The van der Waals surface area contributed by atoms with Crippen LogP contribution in [-0.4, -0.2) is 11.6 Å². The molecule has 0 spiro atoms. The zero-order chi connectivity index (χ0) is 9.89. The molecule has 2 heteroatoms. The number of Topliss-reactive ketones (excluding diaryl/α,β-unsaturated/α-hetero) is 2. The Morgan fingerprint density at radius 3 is 1.58 bits per heavy atom. The van der Waals surface area contributed by atoms with Gasteiger partial charge in [-0.25, -0.2) is 0 Å². The molecule has 1 rings (SSSR count). The van der Waals surface area contributed by atoms with Gasteiger partial charge < -0.3 is 0 Å². The molecule has 0 radical (unpaired) electrons. The first-order valence-corrected chi connectivity index (χ1v) is 4.31. The Balaban J connectivity index is 0.000000561. The predicted octanol–water partition coefficient (Wildman–Crippen LogP) is 2.14.